The second-order valence-electron chi connectivity index (χ2n) is 3.65. The molecule has 2 N–H and O–H groups in total. The molecule has 0 fully saturated rings. The van der Waals surface area contributed by atoms with Crippen LogP contribution in [0.3, 0.4) is 0 Å². The van der Waals surface area contributed by atoms with Crippen molar-refractivity contribution >= 4 is 11.6 Å². The molecule has 82 valence electrons. The topological polar surface area (TPSA) is 44.4 Å². The first-order valence-electron chi connectivity index (χ1n) is 4.85. The largest absolute Gasteiger partial charge is 0.325 e. The van der Waals surface area contributed by atoms with Gasteiger partial charge in [-0.2, -0.15) is 0 Å². The lowest BCUT2D eigenvalue weighted by molar-refractivity contribution is -0.116. The molecule has 0 saturated carbocycles. The molecule has 15 heavy (non-hydrogen) atoms. The monoisotopic (exact) mass is 207 g/mol. The van der Waals surface area contributed by atoms with E-state index in [9.17, 15) is 4.79 Å². The molecule has 0 radical (unpaired) electrons. The average Bonchev–Trinajstić information content (AvgIpc) is 2.15. The first kappa shape index (κ1) is 11.7. The molecular weight excluding hydrogens is 190 g/mol. The summed E-state index contributed by atoms with van der Waals surface area (Å²) in [7, 11) is 3.69. The van der Waals surface area contributed by atoms with Crippen molar-refractivity contribution in [2.24, 2.45) is 0 Å². The van der Waals surface area contributed by atoms with Gasteiger partial charge in [0.25, 0.3) is 0 Å². The van der Waals surface area contributed by atoms with Crippen LogP contribution in [0.15, 0.2) is 24.3 Å². The van der Waals surface area contributed by atoms with Gasteiger partial charge in [-0.25, -0.2) is 5.43 Å². The summed E-state index contributed by atoms with van der Waals surface area (Å²) < 4.78 is 0. The number of nitrogens with zero attached hydrogens (tertiary/aromatic N) is 1. The Kier molecular flexibility index (Phi) is 4.27. The smallest absolute Gasteiger partial charge is 0.239 e. The van der Waals surface area contributed by atoms with E-state index in [2.05, 4.69) is 10.7 Å². The summed E-state index contributed by atoms with van der Waals surface area (Å²) >= 11 is 0. The zero-order valence-electron chi connectivity index (χ0n) is 9.37. The third-order valence-electron chi connectivity index (χ3n) is 1.86. The highest BCUT2D eigenvalue weighted by molar-refractivity contribution is 5.92. The first-order chi connectivity index (χ1) is 7.08. The van der Waals surface area contributed by atoms with Crippen molar-refractivity contribution in [3.63, 3.8) is 0 Å². The van der Waals surface area contributed by atoms with E-state index >= 15 is 0 Å². The van der Waals surface area contributed by atoms with E-state index in [1.807, 2.05) is 45.3 Å². The van der Waals surface area contributed by atoms with Gasteiger partial charge >= 0.3 is 0 Å². The van der Waals surface area contributed by atoms with Crippen molar-refractivity contribution < 1.29 is 4.79 Å². The highest BCUT2D eigenvalue weighted by atomic mass is 16.2. The molecule has 0 aliphatic carbocycles. The van der Waals surface area contributed by atoms with Gasteiger partial charge in [0, 0.05) is 19.8 Å². The van der Waals surface area contributed by atoms with E-state index in [1.165, 1.54) is 0 Å². The van der Waals surface area contributed by atoms with Gasteiger partial charge in [-0.15, -0.1) is 0 Å². The number of aryl methyl sites for hydroxylation is 1. The zero-order valence-corrected chi connectivity index (χ0v) is 9.37. The molecule has 4 heteroatoms. The van der Waals surface area contributed by atoms with Crippen molar-refractivity contribution in [3.05, 3.63) is 29.8 Å². The molecule has 0 heterocycles. The van der Waals surface area contributed by atoms with Crippen LogP contribution in [0.4, 0.5) is 5.69 Å². The highest BCUT2D eigenvalue weighted by Gasteiger charge is 2.01. The van der Waals surface area contributed by atoms with Gasteiger partial charge in [0.1, 0.15) is 0 Å². The minimum Gasteiger partial charge on any atom is -0.325 e. The van der Waals surface area contributed by atoms with Crippen molar-refractivity contribution in [3.8, 4) is 0 Å². The summed E-state index contributed by atoms with van der Waals surface area (Å²) in [5.74, 6) is -0.0469. The summed E-state index contributed by atoms with van der Waals surface area (Å²) in [6, 6.07) is 7.73. The molecule has 1 aromatic rings. The van der Waals surface area contributed by atoms with Gasteiger partial charge in [-0.1, -0.05) is 12.1 Å². The number of anilines is 1. The summed E-state index contributed by atoms with van der Waals surface area (Å²) in [5.41, 5.74) is 4.87. The SMILES string of the molecule is Cc1cccc(NC(=O)CNN(C)C)c1. The summed E-state index contributed by atoms with van der Waals surface area (Å²) in [6.07, 6.45) is 0. The molecule has 0 aliphatic rings. The first-order valence-corrected chi connectivity index (χ1v) is 4.85. The van der Waals surface area contributed by atoms with Crippen LogP contribution in [0.5, 0.6) is 0 Å². The summed E-state index contributed by atoms with van der Waals surface area (Å²) in [5, 5.41) is 4.56. The van der Waals surface area contributed by atoms with Crippen LogP contribution in [0, 0.1) is 6.92 Å². The number of benzene rings is 1. The number of amides is 1. The zero-order chi connectivity index (χ0) is 11.3. The second-order valence-corrected chi connectivity index (χ2v) is 3.65. The number of hydrogen-bond donors (Lipinski definition) is 2. The molecule has 1 amide bonds. The Morgan fingerprint density at radius 3 is 2.73 bits per heavy atom. The quantitative estimate of drug-likeness (QED) is 0.724. The van der Waals surface area contributed by atoms with E-state index < -0.39 is 0 Å². The van der Waals surface area contributed by atoms with Gasteiger partial charge in [0.05, 0.1) is 6.54 Å². The van der Waals surface area contributed by atoms with E-state index in [1.54, 1.807) is 5.01 Å². The van der Waals surface area contributed by atoms with Crippen LogP contribution in [-0.2, 0) is 4.79 Å². The Hall–Kier alpha value is -1.39. The minimum absolute atomic E-state index is 0.0469. The van der Waals surface area contributed by atoms with Crippen molar-refractivity contribution in [2.75, 3.05) is 26.0 Å². The maximum atomic E-state index is 11.4. The van der Waals surface area contributed by atoms with Crippen LogP contribution in [0.25, 0.3) is 0 Å². The molecule has 0 atom stereocenters. The maximum absolute atomic E-state index is 11.4. The maximum Gasteiger partial charge on any atom is 0.239 e. The Bertz CT molecular complexity index is 336. The van der Waals surface area contributed by atoms with Gasteiger partial charge in [-0.05, 0) is 24.6 Å². The van der Waals surface area contributed by atoms with E-state index in [0.29, 0.717) is 0 Å². The van der Waals surface area contributed by atoms with Crippen LogP contribution in [0.1, 0.15) is 5.56 Å². The number of carbonyl (C=O) groups is 1. The summed E-state index contributed by atoms with van der Waals surface area (Å²) in [6.45, 7) is 2.27. The predicted octanol–water partition coefficient (Wildman–Crippen LogP) is 1.000. The molecule has 1 aromatic carbocycles. The number of hydrogen-bond acceptors (Lipinski definition) is 3. The molecule has 0 aromatic heterocycles. The second kappa shape index (κ2) is 5.48. The van der Waals surface area contributed by atoms with Gasteiger partial charge in [0.2, 0.25) is 5.91 Å². The van der Waals surface area contributed by atoms with E-state index in [-0.39, 0.29) is 12.5 Å². The lowest BCUT2D eigenvalue weighted by Crippen LogP contribution is -2.37. The fourth-order valence-electron chi connectivity index (χ4n) is 1.16. The fraction of sp³-hybridized carbons (Fsp3) is 0.364. The van der Waals surface area contributed by atoms with Crippen molar-refractivity contribution in [2.45, 2.75) is 6.92 Å². The van der Waals surface area contributed by atoms with Crippen LogP contribution < -0.4 is 10.7 Å². The number of hydrazine groups is 1. The summed E-state index contributed by atoms with van der Waals surface area (Å²) in [4.78, 5) is 11.4. The standard InChI is InChI=1S/C11H17N3O/c1-9-5-4-6-10(7-9)13-11(15)8-12-14(2)3/h4-7,12H,8H2,1-3H3,(H,13,15). The molecular formula is C11H17N3O. The van der Waals surface area contributed by atoms with Crippen LogP contribution in [0.2, 0.25) is 0 Å². The van der Waals surface area contributed by atoms with Gasteiger partial charge in [0.15, 0.2) is 0 Å². The molecule has 0 unspecified atom stereocenters. The predicted molar refractivity (Wildman–Crippen MR) is 61.5 cm³/mol. The molecule has 0 spiro atoms. The number of nitrogens with one attached hydrogen (secondary N) is 2. The molecule has 1 rings (SSSR count). The third-order valence-corrected chi connectivity index (χ3v) is 1.86. The lowest BCUT2D eigenvalue weighted by Gasteiger charge is -2.11. The minimum atomic E-state index is -0.0469. The highest BCUT2D eigenvalue weighted by Crippen LogP contribution is 2.08. The van der Waals surface area contributed by atoms with E-state index in [0.717, 1.165) is 11.3 Å². The van der Waals surface area contributed by atoms with E-state index in [4.69, 9.17) is 0 Å². The lowest BCUT2D eigenvalue weighted by atomic mass is 10.2. The van der Waals surface area contributed by atoms with Crippen molar-refractivity contribution in [1.82, 2.24) is 10.4 Å². The van der Waals surface area contributed by atoms with Gasteiger partial charge in [-0.3, -0.25) is 9.80 Å². The average molecular weight is 207 g/mol. The normalized spacial score (nSPS) is 10.4. The molecule has 0 saturated heterocycles. The van der Waals surface area contributed by atoms with Gasteiger partial charge < -0.3 is 5.32 Å². The number of rotatable bonds is 4. The third kappa shape index (κ3) is 4.58. The Labute approximate surface area is 90.2 Å². The van der Waals surface area contributed by atoms with Crippen LogP contribution >= 0.6 is 0 Å². The Balaban J connectivity index is 2.44. The van der Waals surface area contributed by atoms with Crippen LogP contribution in [-0.4, -0.2) is 31.6 Å². The Morgan fingerprint density at radius 1 is 1.40 bits per heavy atom. The number of carbonyl (C=O) groups excluding carboxylic acids is 1. The van der Waals surface area contributed by atoms with Crippen molar-refractivity contribution in [1.29, 1.82) is 0 Å². The molecule has 0 bridgehead atoms. The Morgan fingerprint density at radius 2 is 2.13 bits per heavy atom. The fourth-order valence-corrected chi connectivity index (χ4v) is 1.16. The molecule has 0 aliphatic heterocycles. The molecule has 4 nitrogen and oxygen atoms in total.